The molecule has 1 saturated carbocycles. The third-order valence-electron chi connectivity index (χ3n) is 6.94. The minimum absolute atomic E-state index is 0.0265. The van der Waals surface area contributed by atoms with Crippen molar-refractivity contribution in [1.82, 2.24) is 0 Å². The van der Waals surface area contributed by atoms with E-state index < -0.39 is 11.6 Å². The van der Waals surface area contributed by atoms with E-state index in [-0.39, 0.29) is 17.3 Å². The quantitative estimate of drug-likeness (QED) is 0.333. The van der Waals surface area contributed by atoms with Gasteiger partial charge in [-0.2, -0.15) is 0 Å². The van der Waals surface area contributed by atoms with Crippen LogP contribution >= 0.6 is 0 Å². The van der Waals surface area contributed by atoms with Crippen molar-refractivity contribution in [2.45, 2.75) is 51.4 Å². The van der Waals surface area contributed by atoms with Crippen LogP contribution in [0.5, 0.6) is 11.5 Å². The summed E-state index contributed by atoms with van der Waals surface area (Å²) < 4.78 is 54.4. The van der Waals surface area contributed by atoms with Gasteiger partial charge in [-0.05, 0) is 98.2 Å². The number of rotatable bonds is 8. The Balaban J connectivity index is 1.35. The summed E-state index contributed by atoms with van der Waals surface area (Å²) in [5, 5.41) is 0. The molecule has 3 aromatic rings. The van der Waals surface area contributed by atoms with E-state index in [0.29, 0.717) is 35.2 Å². The van der Waals surface area contributed by atoms with Crippen molar-refractivity contribution in [2.75, 3.05) is 13.7 Å². The van der Waals surface area contributed by atoms with Crippen molar-refractivity contribution in [3.05, 3.63) is 83.2 Å². The lowest BCUT2D eigenvalue weighted by Gasteiger charge is -2.29. The standard InChI is InChI=1S/C29H31F3O2/c1-3-34-27-17-8-20(18-26(27)30)5-4-19-6-9-21(10-7-19)24-15-16-25(29(32)28(24)31)22-11-13-23(33-2)14-12-22/h8,11-19,21H,3-7,9-10H2,1-2H3. The van der Waals surface area contributed by atoms with E-state index in [0.717, 1.165) is 44.1 Å². The molecular weight excluding hydrogens is 437 g/mol. The van der Waals surface area contributed by atoms with Crippen molar-refractivity contribution in [2.24, 2.45) is 5.92 Å². The average molecular weight is 469 g/mol. The first-order chi connectivity index (χ1) is 16.5. The minimum atomic E-state index is -0.790. The maximum absolute atomic E-state index is 15.0. The van der Waals surface area contributed by atoms with Crippen molar-refractivity contribution in [3.8, 4) is 22.6 Å². The summed E-state index contributed by atoms with van der Waals surface area (Å²) in [6, 6.07) is 15.5. The third-order valence-corrected chi connectivity index (χ3v) is 6.94. The summed E-state index contributed by atoms with van der Waals surface area (Å²) >= 11 is 0. The Bertz CT molecular complexity index is 1100. The first-order valence-corrected chi connectivity index (χ1v) is 12.0. The van der Waals surface area contributed by atoms with Crippen molar-refractivity contribution < 1.29 is 22.6 Å². The molecule has 0 saturated heterocycles. The van der Waals surface area contributed by atoms with Gasteiger partial charge in [0.2, 0.25) is 0 Å². The second-order valence-electron chi connectivity index (χ2n) is 9.01. The molecular formula is C29H31F3O2. The SMILES string of the molecule is CCOc1ccc(CCC2CCC(c3ccc(-c4ccc(OC)cc4)c(F)c3F)CC2)cc1F. The topological polar surface area (TPSA) is 18.5 Å². The molecule has 0 radical (unpaired) electrons. The highest BCUT2D eigenvalue weighted by Crippen LogP contribution is 2.40. The van der Waals surface area contributed by atoms with E-state index in [9.17, 15) is 8.78 Å². The van der Waals surface area contributed by atoms with Gasteiger partial charge in [0, 0.05) is 5.56 Å². The van der Waals surface area contributed by atoms with Crippen LogP contribution in [0.4, 0.5) is 13.2 Å². The lowest BCUT2D eigenvalue weighted by Crippen LogP contribution is -2.15. The van der Waals surface area contributed by atoms with Gasteiger partial charge < -0.3 is 9.47 Å². The molecule has 5 heteroatoms. The molecule has 1 aliphatic carbocycles. The second-order valence-corrected chi connectivity index (χ2v) is 9.01. The molecule has 0 aliphatic heterocycles. The average Bonchev–Trinajstić information content (AvgIpc) is 2.86. The van der Waals surface area contributed by atoms with Gasteiger partial charge in [0.15, 0.2) is 23.2 Å². The number of hydrogen-bond acceptors (Lipinski definition) is 2. The fourth-order valence-corrected chi connectivity index (χ4v) is 4.98. The molecule has 0 bridgehead atoms. The molecule has 0 atom stereocenters. The summed E-state index contributed by atoms with van der Waals surface area (Å²) in [7, 11) is 1.57. The maximum Gasteiger partial charge on any atom is 0.166 e. The van der Waals surface area contributed by atoms with Crippen molar-refractivity contribution >= 4 is 0 Å². The predicted octanol–water partition coefficient (Wildman–Crippen LogP) is 8.08. The van der Waals surface area contributed by atoms with E-state index >= 15 is 4.39 Å². The Hall–Kier alpha value is -2.95. The van der Waals surface area contributed by atoms with E-state index in [1.165, 1.54) is 0 Å². The van der Waals surface area contributed by atoms with Gasteiger partial charge in [-0.15, -0.1) is 0 Å². The molecule has 0 spiro atoms. The van der Waals surface area contributed by atoms with Gasteiger partial charge in [0.05, 0.1) is 13.7 Å². The zero-order valence-electron chi connectivity index (χ0n) is 19.8. The third kappa shape index (κ3) is 5.40. The van der Waals surface area contributed by atoms with Gasteiger partial charge >= 0.3 is 0 Å². The molecule has 1 aliphatic rings. The number of ether oxygens (including phenoxy) is 2. The van der Waals surface area contributed by atoms with Gasteiger partial charge in [-0.3, -0.25) is 0 Å². The molecule has 4 rings (SSSR count). The summed E-state index contributed by atoms with van der Waals surface area (Å²) in [5.74, 6) is -0.344. The molecule has 180 valence electrons. The summed E-state index contributed by atoms with van der Waals surface area (Å²) in [5.41, 5.74) is 2.32. The van der Waals surface area contributed by atoms with Crippen LogP contribution < -0.4 is 9.47 Å². The Morgan fingerprint density at radius 1 is 0.853 bits per heavy atom. The van der Waals surface area contributed by atoms with Crippen LogP contribution in [0.15, 0.2) is 54.6 Å². The van der Waals surface area contributed by atoms with E-state index in [4.69, 9.17) is 9.47 Å². The Morgan fingerprint density at radius 3 is 2.24 bits per heavy atom. The number of hydrogen-bond donors (Lipinski definition) is 0. The molecule has 3 aromatic carbocycles. The Labute approximate surface area is 199 Å². The number of aryl methyl sites for hydroxylation is 1. The molecule has 1 fully saturated rings. The Morgan fingerprint density at radius 2 is 1.59 bits per heavy atom. The number of methoxy groups -OCH3 is 1. The fraction of sp³-hybridized carbons (Fsp3) is 0.379. The zero-order chi connectivity index (χ0) is 24.1. The van der Waals surface area contributed by atoms with Crippen LogP contribution in [0.3, 0.4) is 0 Å². The zero-order valence-corrected chi connectivity index (χ0v) is 19.8. The molecule has 0 heterocycles. The van der Waals surface area contributed by atoms with Gasteiger partial charge in [-0.1, -0.05) is 30.3 Å². The summed E-state index contributed by atoms with van der Waals surface area (Å²) in [6.45, 7) is 2.27. The van der Waals surface area contributed by atoms with Crippen LogP contribution in [-0.2, 0) is 6.42 Å². The first-order valence-electron chi connectivity index (χ1n) is 12.0. The van der Waals surface area contributed by atoms with E-state index in [1.54, 1.807) is 55.6 Å². The van der Waals surface area contributed by atoms with Crippen LogP contribution in [0.1, 0.15) is 56.1 Å². The van der Waals surface area contributed by atoms with Gasteiger partial charge in [0.1, 0.15) is 5.75 Å². The van der Waals surface area contributed by atoms with Crippen LogP contribution in [-0.4, -0.2) is 13.7 Å². The summed E-state index contributed by atoms with van der Waals surface area (Å²) in [6.07, 6.45) is 5.36. The lowest BCUT2D eigenvalue weighted by molar-refractivity contribution is 0.304. The number of benzene rings is 3. The van der Waals surface area contributed by atoms with E-state index in [1.807, 2.05) is 13.0 Å². The first kappa shape index (κ1) is 24.2. The molecule has 0 amide bonds. The largest absolute Gasteiger partial charge is 0.497 e. The second kappa shape index (κ2) is 11.0. The highest BCUT2D eigenvalue weighted by atomic mass is 19.2. The molecule has 34 heavy (non-hydrogen) atoms. The molecule has 0 aromatic heterocycles. The Kier molecular flexibility index (Phi) is 7.81. The highest BCUT2D eigenvalue weighted by molar-refractivity contribution is 5.65. The molecule has 0 N–H and O–H groups in total. The highest BCUT2D eigenvalue weighted by Gasteiger charge is 2.26. The normalized spacial score (nSPS) is 18.0. The molecule has 0 unspecified atom stereocenters. The van der Waals surface area contributed by atoms with Crippen LogP contribution in [0, 0.1) is 23.4 Å². The van der Waals surface area contributed by atoms with Gasteiger partial charge in [0.25, 0.3) is 0 Å². The monoisotopic (exact) mass is 468 g/mol. The van der Waals surface area contributed by atoms with Gasteiger partial charge in [-0.25, -0.2) is 13.2 Å². The maximum atomic E-state index is 15.0. The summed E-state index contributed by atoms with van der Waals surface area (Å²) in [4.78, 5) is 0. The van der Waals surface area contributed by atoms with E-state index in [2.05, 4.69) is 0 Å². The predicted molar refractivity (Wildman–Crippen MR) is 129 cm³/mol. The fourth-order valence-electron chi connectivity index (χ4n) is 4.98. The van der Waals surface area contributed by atoms with Crippen molar-refractivity contribution in [3.63, 3.8) is 0 Å². The van der Waals surface area contributed by atoms with Crippen LogP contribution in [0.2, 0.25) is 0 Å². The van der Waals surface area contributed by atoms with Crippen molar-refractivity contribution in [1.29, 1.82) is 0 Å². The lowest BCUT2D eigenvalue weighted by atomic mass is 9.76. The number of halogens is 3. The minimum Gasteiger partial charge on any atom is -0.497 e. The van der Waals surface area contributed by atoms with Crippen LogP contribution in [0.25, 0.3) is 11.1 Å². The molecule has 2 nitrogen and oxygen atoms in total. The smallest absolute Gasteiger partial charge is 0.166 e.